The predicted octanol–water partition coefficient (Wildman–Crippen LogP) is 1.02. The van der Waals surface area contributed by atoms with E-state index in [0.29, 0.717) is 13.0 Å². The molecule has 4 nitrogen and oxygen atoms in total. The summed E-state index contributed by atoms with van der Waals surface area (Å²) < 4.78 is 4.94. The van der Waals surface area contributed by atoms with E-state index in [4.69, 9.17) is 4.74 Å². The quantitative estimate of drug-likeness (QED) is 0.513. The van der Waals surface area contributed by atoms with Gasteiger partial charge in [-0.3, -0.25) is 9.59 Å². The molecule has 0 aliphatic rings. The molecule has 0 saturated heterocycles. The standard InChI is InChI=1S/C10H17NO3/c1-5-9(12)11-7(3)10(13)8(4)14-6-2/h7H,4-6H2,1-3H3,(H,11,12). The summed E-state index contributed by atoms with van der Waals surface area (Å²) in [6.45, 7) is 8.99. The Morgan fingerprint density at radius 3 is 2.43 bits per heavy atom. The average molecular weight is 199 g/mol. The lowest BCUT2D eigenvalue weighted by Crippen LogP contribution is -2.39. The van der Waals surface area contributed by atoms with Crippen molar-refractivity contribution >= 4 is 11.7 Å². The lowest BCUT2D eigenvalue weighted by atomic mass is 10.2. The first-order chi connectivity index (χ1) is 6.52. The average Bonchev–Trinajstić information content (AvgIpc) is 2.16. The summed E-state index contributed by atoms with van der Waals surface area (Å²) in [6, 6.07) is -0.568. The fourth-order valence-corrected chi connectivity index (χ4v) is 0.896. The lowest BCUT2D eigenvalue weighted by Gasteiger charge is -2.13. The molecule has 0 rings (SSSR count). The van der Waals surface area contributed by atoms with Gasteiger partial charge in [-0.1, -0.05) is 13.5 Å². The number of hydrogen-bond acceptors (Lipinski definition) is 3. The summed E-state index contributed by atoms with van der Waals surface area (Å²) in [5.41, 5.74) is 0. The van der Waals surface area contributed by atoms with Gasteiger partial charge in [0.1, 0.15) is 0 Å². The minimum atomic E-state index is -0.568. The summed E-state index contributed by atoms with van der Waals surface area (Å²) >= 11 is 0. The summed E-state index contributed by atoms with van der Waals surface area (Å²) in [5.74, 6) is -0.347. The first kappa shape index (κ1) is 12.7. The second kappa shape index (κ2) is 6.18. The van der Waals surface area contributed by atoms with Crippen molar-refractivity contribution in [1.29, 1.82) is 0 Å². The molecule has 1 amide bonds. The normalized spacial score (nSPS) is 11.6. The molecule has 0 aromatic heterocycles. The van der Waals surface area contributed by atoms with Crippen molar-refractivity contribution in [2.45, 2.75) is 33.2 Å². The minimum absolute atomic E-state index is 0.0939. The highest BCUT2D eigenvalue weighted by atomic mass is 16.5. The Morgan fingerprint density at radius 2 is 2.00 bits per heavy atom. The molecule has 1 N–H and O–H groups in total. The van der Waals surface area contributed by atoms with Gasteiger partial charge >= 0.3 is 0 Å². The number of nitrogens with one attached hydrogen (secondary N) is 1. The highest BCUT2D eigenvalue weighted by Gasteiger charge is 2.18. The Bertz CT molecular complexity index is 236. The zero-order chi connectivity index (χ0) is 11.1. The molecule has 1 unspecified atom stereocenters. The monoisotopic (exact) mass is 199 g/mol. The van der Waals surface area contributed by atoms with Crippen LogP contribution in [0.1, 0.15) is 27.2 Å². The molecular weight excluding hydrogens is 182 g/mol. The maximum Gasteiger partial charge on any atom is 0.220 e. The zero-order valence-corrected chi connectivity index (χ0v) is 8.92. The molecule has 0 aromatic rings. The van der Waals surface area contributed by atoms with Crippen molar-refractivity contribution in [3.05, 3.63) is 12.3 Å². The summed E-state index contributed by atoms with van der Waals surface area (Å²) in [4.78, 5) is 22.4. The van der Waals surface area contributed by atoms with Crippen LogP contribution in [0.25, 0.3) is 0 Å². The van der Waals surface area contributed by atoms with Gasteiger partial charge in [0.25, 0.3) is 0 Å². The molecule has 1 atom stereocenters. The number of Topliss-reactive ketones (excluding diaryl/α,β-unsaturated/α-hetero) is 1. The topological polar surface area (TPSA) is 55.4 Å². The maximum absolute atomic E-state index is 11.4. The van der Waals surface area contributed by atoms with E-state index >= 15 is 0 Å². The molecule has 4 heteroatoms. The predicted molar refractivity (Wildman–Crippen MR) is 53.7 cm³/mol. The molecule has 0 radical (unpaired) electrons. The van der Waals surface area contributed by atoms with Crippen molar-refractivity contribution in [3.63, 3.8) is 0 Å². The van der Waals surface area contributed by atoms with E-state index in [0.717, 1.165) is 0 Å². The SMILES string of the molecule is C=C(OCC)C(=O)C(C)NC(=O)CC. The molecule has 0 bridgehead atoms. The van der Waals surface area contributed by atoms with Crippen LogP contribution in [0, 0.1) is 0 Å². The van der Waals surface area contributed by atoms with Crippen molar-refractivity contribution in [1.82, 2.24) is 5.32 Å². The van der Waals surface area contributed by atoms with Crippen molar-refractivity contribution in [2.24, 2.45) is 0 Å². The first-order valence-electron chi connectivity index (χ1n) is 4.68. The van der Waals surface area contributed by atoms with Crippen molar-refractivity contribution in [3.8, 4) is 0 Å². The van der Waals surface area contributed by atoms with Crippen LogP contribution in [0.2, 0.25) is 0 Å². The molecular formula is C10H17NO3. The zero-order valence-electron chi connectivity index (χ0n) is 8.92. The van der Waals surface area contributed by atoms with E-state index in [9.17, 15) is 9.59 Å². The van der Waals surface area contributed by atoms with Crippen LogP contribution < -0.4 is 5.32 Å². The summed E-state index contributed by atoms with van der Waals surface area (Å²) in [5, 5.41) is 2.54. The van der Waals surface area contributed by atoms with Crippen molar-refractivity contribution in [2.75, 3.05) is 6.61 Å². The van der Waals surface area contributed by atoms with Crippen LogP contribution in [-0.2, 0) is 14.3 Å². The van der Waals surface area contributed by atoms with E-state index in [1.165, 1.54) is 0 Å². The van der Waals surface area contributed by atoms with E-state index < -0.39 is 6.04 Å². The highest BCUT2D eigenvalue weighted by molar-refractivity contribution is 5.99. The third kappa shape index (κ3) is 4.07. The van der Waals surface area contributed by atoms with Gasteiger partial charge in [-0.15, -0.1) is 0 Å². The minimum Gasteiger partial charge on any atom is -0.491 e. The second-order valence-electron chi connectivity index (χ2n) is 2.86. The van der Waals surface area contributed by atoms with Crippen molar-refractivity contribution < 1.29 is 14.3 Å². The largest absolute Gasteiger partial charge is 0.491 e. The lowest BCUT2D eigenvalue weighted by molar-refractivity contribution is -0.127. The third-order valence-electron chi connectivity index (χ3n) is 1.69. The van der Waals surface area contributed by atoms with Gasteiger partial charge in [0.2, 0.25) is 11.7 Å². The Morgan fingerprint density at radius 1 is 1.43 bits per heavy atom. The fraction of sp³-hybridized carbons (Fsp3) is 0.600. The fourth-order valence-electron chi connectivity index (χ4n) is 0.896. The number of hydrogen-bond donors (Lipinski definition) is 1. The third-order valence-corrected chi connectivity index (χ3v) is 1.69. The van der Waals surface area contributed by atoms with E-state index in [1.807, 2.05) is 0 Å². The molecule has 0 fully saturated rings. The molecule has 0 aliphatic carbocycles. The molecule has 0 aromatic carbocycles. The molecule has 80 valence electrons. The van der Waals surface area contributed by atoms with Crippen LogP contribution in [-0.4, -0.2) is 24.3 Å². The van der Waals surface area contributed by atoms with Crippen LogP contribution in [0.4, 0.5) is 0 Å². The van der Waals surface area contributed by atoms with Gasteiger partial charge in [-0.05, 0) is 13.8 Å². The van der Waals surface area contributed by atoms with E-state index in [1.54, 1.807) is 20.8 Å². The number of carbonyl (C=O) groups excluding carboxylic acids is 2. The molecule has 0 heterocycles. The van der Waals surface area contributed by atoms with E-state index in [-0.39, 0.29) is 17.4 Å². The number of rotatable bonds is 6. The first-order valence-corrected chi connectivity index (χ1v) is 4.68. The van der Waals surface area contributed by atoms with Gasteiger partial charge in [0.05, 0.1) is 12.6 Å². The molecule has 0 spiro atoms. The van der Waals surface area contributed by atoms with Gasteiger partial charge in [0, 0.05) is 6.42 Å². The van der Waals surface area contributed by atoms with Crippen LogP contribution in [0.5, 0.6) is 0 Å². The van der Waals surface area contributed by atoms with Crippen LogP contribution in [0.15, 0.2) is 12.3 Å². The second-order valence-corrected chi connectivity index (χ2v) is 2.86. The maximum atomic E-state index is 11.4. The highest BCUT2D eigenvalue weighted by Crippen LogP contribution is 2.00. The summed E-state index contributed by atoms with van der Waals surface area (Å²) in [7, 11) is 0. The van der Waals surface area contributed by atoms with Gasteiger partial charge < -0.3 is 10.1 Å². The smallest absolute Gasteiger partial charge is 0.220 e. The van der Waals surface area contributed by atoms with Gasteiger partial charge in [-0.25, -0.2) is 0 Å². The summed E-state index contributed by atoms with van der Waals surface area (Å²) in [6.07, 6.45) is 0.360. The number of amides is 1. The van der Waals surface area contributed by atoms with Crippen LogP contribution >= 0.6 is 0 Å². The van der Waals surface area contributed by atoms with Crippen LogP contribution in [0.3, 0.4) is 0 Å². The number of ketones is 1. The Balaban J connectivity index is 4.11. The Kier molecular flexibility index (Phi) is 5.60. The van der Waals surface area contributed by atoms with Gasteiger partial charge in [-0.2, -0.15) is 0 Å². The Labute approximate surface area is 84.3 Å². The number of ether oxygens (including phenoxy) is 1. The molecule has 14 heavy (non-hydrogen) atoms. The van der Waals surface area contributed by atoms with E-state index in [2.05, 4.69) is 11.9 Å². The Hall–Kier alpha value is -1.32. The molecule has 0 saturated carbocycles. The number of carbonyl (C=O) groups is 2. The van der Waals surface area contributed by atoms with Gasteiger partial charge in [0.15, 0.2) is 5.76 Å². The molecule has 0 aliphatic heterocycles.